The summed E-state index contributed by atoms with van der Waals surface area (Å²) in [7, 11) is 0. The first-order chi connectivity index (χ1) is 9.84. The average molecular weight is 265 g/mol. The van der Waals surface area contributed by atoms with Crippen LogP contribution in [0.3, 0.4) is 0 Å². The molecule has 1 unspecified atom stereocenters. The van der Waals surface area contributed by atoms with Crippen LogP contribution in [0.15, 0.2) is 66.7 Å². The number of allylic oxidation sites excluding steroid dienone is 1. The van der Waals surface area contributed by atoms with Crippen molar-refractivity contribution in [3.05, 3.63) is 77.9 Å². The molecule has 0 aliphatic carbocycles. The van der Waals surface area contributed by atoms with Gasteiger partial charge in [-0.2, -0.15) is 0 Å². The molecule has 1 heteroatoms. The van der Waals surface area contributed by atoms with Gasteiger partial charge in [0.05, 0.1) is 0 Å². The molecular weight excluding hydrogens is 242 g/mol. The fraction of sp³-hybridized carbons (Fsp3) is 0.263. The van der Waals surface area contributed by atoms with Gasteiger partial charge in [-0.1, -0.05) is 72.8 Å². The first-order valence-corrected chi connectivity index (χ1v) is 7.36. The highest BCUT2D eigenvalue weighted by Gasteiger charge is 2.01. The van der Waals surface area contributed by atoms with Gasteiger partial charge in [0.1, 0.15) is 0 Å². The van der Waals surface area contributed by atoms with Crippen LogP contribution in [0.25, 0.3) is 6.08 Å². The number of hydrogen-bond donors (Lipinski definition) is 1. The first-order valence-electron chi connectivity index (χ1n) is 7.36. The minimum atomic E-state index is 0.288. The van der Waals surface area contributed by atoms with E-state index < -0.39 is 0 Å². The summed E-state index contributed by atoms with van der Waals surface area (Å²) in [5, 5.41) is 0. The zero-order chi connectivity index (χ0) is 14.0. The quantitative estimate of drug-likeness (QED) is 0.787. The van der Waals surface area contributed by atoms with E-state index in [9.17, 15) is 0 Å². The van der Waals surface area contributed by atoms with Crippen LogP contribution in [0, 0.1) is 0 Å². The van der Waals surface area contributed by atoms with Gasteiger partial charge in [0.2, 0.25) is 0 Å². The van der Waals surface area contributed by atoms with Crippen LogP contribution >= 0.6 is 0 Å². The van der Waals surface area contributed by atoms with Crippen molar-refractivity contribution in [1.82, 2.24) is 0 Å². The van der Waals surface area contributed by atoms with Crippen LogP contribution in [-0.4, -0.2) is 6.04 Å². The molecule has 2 aromatic carbocycles. The molecule has 1 nitrogen and oxygen atoms in total. The zero-order valence-corrected chi connectivity index (χ0v) is 11.9. The Morgan fingerprint density at radius 1 is 0.850 bits per heavy atom. The Morgan fingerprint density at radius 2 is 1.50 bits per heavy atom. The number of aryl methyl sites for hydroxylation is 1. The Hall–Kier alpha value is -1.86. The van der Waals surface area contributed by atoms with Gasteiger partial charge in [-0.15, -0.1) is 0 Å². The minimum absolute atomic E-state index is 0.288. The third kappa shape index (κ3) is 5.41. The molecule has 0 bridgehead atoms. The Morgan fingerprint density at radius 3 is 2.20 bits per heavy atom. The van der Waals surface area contributed by atoms with E-state index in [0.29, 0.717) is 0 Å². The highest BCUT2D eigenvalue weighted by molar-refractivity contribution is 5.48. The summed E-state index contributed by atoms with van der Waals surface area (Å²) in [6.45, 7) is 0. The third-order valence-electron chi connectivity index (χ3n) is 3.46. The molecule has 0 amide bonds. The molecule has 1 atom stereocenters. The molecule has 0 aliphatic heterocycles. The smallest absolute Gasteiger partial charge is 0.00449 e. The van der Waals surface area contributed by atoms with E-state index in [1.54, 1.807) is 0 Å². The van der Waals surface area contributed by atoms with E-state index in [1.165, 1.54) is 11.1 Å². The van der Waals surface area contributed by atoms with Gasteiger partial charge in [-0.05, 0) is 36.8 Å². The lowest BCUT2D eigenvalue weighted by molar-refractivity contribution is 0.574. The molecule has 0 aromatic heterocycles. The van der Waals surface area contributed by atoms with Gasteiger partial charge in [-0.3, -0.25) is 0 Å². The number of hydrogen-bond acceptors (Lipinski definition) is 1. The van der Waals surface area contributed by atoms with E-state index in [2.05, 4.69) is 66.7 Å². The Labute approximate surface area is 122 Å². The summed E-state index contributed by atoms with van der Waals surface area (Å²) >= 11 is 0. The van der Waals surface area contributed by atoms with Gasteiger partial charge in [-0.25, -0.2) is 0 Å². The van der Waals surface area contributed by atoms with Gasteiger partial charge in [0, 0.05) is 6.04 Å². The Kier molecular flexibility index (Phi) is 6.07. The molecule has 0 aliphatic rings. The average Bonchev–Trinajstić information content (AvgIpc) is 2.52. The van der Waals surface area contributed by atoms with Crippen LogP contribution in [0.4, 0.5) is 0 Å². The normalized spacial score (nSPS) is 12.7. The molecule has 104 valence electrons. The SMILES string of the molecule is NC(CC/C=C/c1ccccc1)CCc1ccccc1. The summed E-state index contributed by atoms with van der Waals surface area (Å²) in [4.78, 5) is 0. The van der Waals surface area contributed by atoms with E-state index in [4.69, 9.17) is 5.73 Å². The Bertz CT molecular complexity index is 502. The summed E-state index contributed by atoms with van der Waals surface area (Å²) in [6.07, 6.45) is 8.62. The molecule has 0 saturated carbocycles. The second-order valence-electron chi connectivity index (χ2n) is 5.17. The molecule has 0 fully saturated rings. The lowest BCUT2D eigenvalue weighted by Gasteiger charge is -2.09. The van der Waals surface area contributed by atoms with Crippen molar-refractivity contribution < 1.29 is 0 Å². The van der Waals surface area contributed by atoms with Crippen LogP contribution in [0.5, 0.6) is 0 Å². The summed E-state index contributed by atoms with van der Waals surface area (Å²) in [5.74, 6) is 0. The van der Waals surface area contributed by atoms with Gasteiger partial charge in [0.15, 0.2) is 0 Å². The fourth-order valence-electron chi connectivity index (χ4n) is 2.23. The zero-order valence-electron chi connectivity index (χ0n) is 11.9. The van der Waals surface area contributed by atoms with Gasteiger partial charge in [0.25, 0.3) is 0 Å². The van der Waals surface area contributed by atoms with Crippen molar-refractivity contribution in [1.29, 1.82) is 0 Å². The first kappa shape index (κ1) is 14.5. The van der Waals surface area contributed by atoms with Crippen molar-refractivity contribution in [2.75, 3.05) is 0 Å². The molecule has 2 N–H and O–H groups in total. The molecule has 0 radical (unpaired) electrons. The molecule has 2 aromatic rings. The van der Waals surface area contributed by atoms with Crippen molar-refractivity contribution in [2.24, 2.45) is 5.73 Å². The maximum absolute atomic E-state index is 6.17. The monoisotopic (exact) mass is 265 g/mol. The second-order valence-corrected chi connectivity index (χ2v) is 5.17. The summed E-state index contributed by atoms with van der Waals surface area (Å²) in [5.41, 5.74) is 8.80. The van der Waals surface area contributed by atoms with Crippen molar-refractivity contribution in [3.63, 3.8) is 0 Å². The van der Waals surface area contributed by atoms with E-state index in [1.807, 2.05) is 6.07 Å². The van der Waals surface area contributed by atoms with Crippen LogP contribution < -0.4 is 5.73 Å². The highest BCUT2D eigenvalue weighted by atomic mass is 14.6. The number of nitrogens with two attached hydrogens (primary N) is 1. The molecule has 2 rings (SSSR count). The van der Waals surface area contributed by atoms with E-state index >= 15 is 0 Å². The van der Waals surface area contributed by atoms with Gasteiger partial charge >= 0.3 is 0 Å². The fourth-order valence-corrected chi connectivity index (χ4v) is 2.23. The third-order valence-corrected chi connectivity index (χ3v) is 3.46. The van der Waals surface area contributed by atoms with E-state index in [-0.39, 0.29) is 6.04 Å². The van der Waals surface area contributed by atoms with Crippen LogP contribution in [0.1, 0.15) is 30.4 Å². The Balaban J connectivity index is 1.65. The molecule has 0 saturated heterocycles. The van der Waals surface area contributed by atoms with E-state index in [0.717, 1.165) is 25.7 Å². The minimum Gasteiger partial charge on any atom is -0.328 e. The van der Waals surface area contributed by atoms with Crippen LogP contribution in [-0.2, 0) is 6.42 Å². The predicted molar refractivity (Wildman–Crippen MR) is 87.4 cm³/mol. The second kappa shape index (κ2) is 8.34. The topological polar surface area (TPSA) is 26.0 Å². The highest BCUT2D eigenvalue weighted by Crippen LogP contribution is 2.09. The summed E-state index contributed by atoms with van der Waals surface area (Å²) < 4.78 is 0. The summed E-state index contributed by atoms with van der Waals surface area (Å²) in [6, 6.07) is 21.2. The number of benzene rings is 2. The predicted octanol–water partition coefficient (Wildman–Crippen LogP) is 4.44. The van der Waals surface area contributed by atoms with Crippen molar-refractivity contribution in [2.45, 2.75) is 31.7 Å². The standard InChI is InChI=1S/C19H23N/c20-19(16-15-18-11-5-2-6-12-18)14-8-7-13-17-9-3-1-4-10-17/h1-7,9-13,19H,8,14-16,20H2/b13-7+. The van der Waals surface area contributed by atoms with Crippen molar-refractivity contribution in [3.8, 4) is 0 Å². The maximum Gasteiger partial charge on any atom is 0.00449 e. The lowest BCUT2D eigenvalue weighted by Crippen LogP contribution is -2.20. The lowest BCUT2D eigenvalue weighted by atomic mass is 10.0. The van der Waals surface area contributed by atoms with Gasteiger partial charge < -0.3 is 5.73 Å². The van der Waals surface area contributed by atoms with Crippen LogP contribution in [0.2, 0.25) is 0 Å². The molecule has 20 heavy (non-hydrogen) atoms. The van der Waals surface area contributed by atoms with Crippen molar-refractivity contribution >= 4 is 6.08 Å². The maximum atomic E-state index is 6.17. The number of rotatable bonds is 7. The largest absolute Gasteiger partial charge is 0.328 e. The molecule has 0 heterocycles. The molecular formula is C19H23N. The molecule has 0 spiro atoms.